The minimum atomic E-state index is 0.592. The summed E-state index contributed by atoms with van der Waals surface area (Å²) in [5.41, 5.74) is 10.5. The Bertz CT molecular complexity index is 263. The van der Waals surface area contributed by atoms with E-state index in [9.17, 15) is 0 Å². The summed E-state index contributed by atoms with van der Waals surface area (Å²) in [5, 5.41) is 0. The molecular formula is C8H13N3O. The Hall–Kier alpha value is -1.42. The van der Waals surface area contributed by atoms with Crippen molar-refractivity contribution in [3.63, 3.8) is 0 Å². The van der Waals surface area contributed by atoms with Crippen LogP contribution < -0.4 is 21.7 Å². The quantitative estimate of drug-likeness (QED) is 0.347. The highest BCUT2D eigenvalue weighted by molar-refractivity contribution is 5.71. The molecule has 4 nitrogen and oxygen atoms in total. The summed E-state index contributed by atoms with van der Waals surface area (Å²) >= 11 is 0. The average molecular weight is 167 g/mol. The van der Waals surface area contributed by atoms with Crippen LogP contribution in [0.3, 0.4) is 0 Å². The highest BCUT2D eigenvalue weighted by Gasteiger charge is 2.03. The van der Waals surface area contributed by atoms with Gasteiger partial charge in [-0.3, -0.25) is 5.84 Å². The molecule has 0 aliphatic rings. The van der Waals surface area contributed by atoms with Gasteiger partial charge in [-0.1, -0.05) is 0 Å². The van der Waals surface area contributed by atoms with Gasteiger partial charge in [-0.2, -0.15) is 0 Å². The third-order valence-electron chi connectivity index (χ3n) is 1.72. The maximum atomic E-state index is 5.69. The van der Waals surface area contributed by atoms with Crippen molar-refractivity contribution in [1.82, 2.24) is 0 Å². The minimum Gasteiger partial charge on any atom is -0.497 e. The molecule has 0 aliphatic carbocycles. The Morgan fingerprint density at radius 3 is 2.50 bits per heavy atom. The molecule has 4 heteroatoms. The summed E-state index contributed by atoms with van der Waals surface area (Å²) in [7, 11) is 1.60. The van der Waals surface area contributed by atoms with Crippen LogP contribution in [0.15, 0.2) is 12.1 Å². The van der Waals surface area contributed by atoms with Crippen LogP contribution in [-0.4, -0.2) is 7.11 Å². The summed E-state index contributed by atoms with van der Waals surface area (Å²) in [5.74, 6) is 6.01. The van der Waals surface area contributed by atoms with Gasteiger partial charge >= 0.3 is 0 Å². The van der Waals surface area contributed by atoms with Gasteiger partial charge in [0.25, 0.3) is 0 Å². The van der Waals surface area contributed by atoms with Crippen molar-refractivity contribution in [2.75, 3.05) is 18.3 Å². The summed E-state index contributed by atoms with van der Waals surface area (Å²) in [6, 6.07) is 3.59. The van der Waals surface area contributed by atoms with Gasteiger partial charge in [0.2, 0.25) is 0 Å². The molecular weight excluding hydrogens is 154 g/mol. The van der Waals surface area contributed by atoms with Crippen molar-refractivity contribution in [1.29, 1.82) is 0 Å². The molecule has 0 aliphatic heterocycles. The first-order chi connectivity index (χ1) is 5.69. The molecule has 0 bridgehead atoms. The van der Waals surface area contributed by atoms with E-state index in [1.54, 1.807) is 13.2 Å². The van der Waals surface area contributed by atoms with Gasteiger partial charge in [-0.05, 0) is 18.6 Å². The van der Waals surface area contributed by atoms with Gasteiger partial charge < -0.3 is 15.9 Å². The zero-order chi connectivity index (χ0) is 9.14. The van der Waals surface area contributed by atoms with E-state index in [4.69, 9.17) is 16.3 Å². The average Bonchev–Trinajstić information content (AvgIpc) is 2.03. The molecule has 0 amide bonds. The summed E-state index contributed by atoms with van der Waals surface area (Å²) in [6.07, 6.45) is 0. The topological polar surface area (TPSA) is 73.3 Å². The molecule has 0 saturated carbocycles. The normalized spacial score (nSPS) is 9.58. The van der Waals surface area contributed by atoms with E-state index in [1.165, 1.54) is 0 Å². The second-order valence-corrected chi connectivity index (χ2v) is 2.55. The molecule has 66 valence electrons. The summed E-state index contributed by atoms with van der Waals surface area (Å²) < 4.78 is 5.03. The van der Waals surface area contributed by atoms with Crippen LogP contribution in [0.4, 0.5) is 11.4 Å². The molecule has 0 spiro atoms. The van der Waals surface area contributed by atoms with Crippen LogP contribution in [0.25, 0.3) is 0 Å². The largest absolute Gasteiger partial charge is 0.497 e. The summed E-state index contributed by atoms with van der Waals surface area (Å²) in [4.78, 5) is 0. The van der Waals surface area contributed by atoms with Crippen LogP contribution in [0.1, 0.15) is 5.56 Å². The number of rotatable bonds is 2. The first-order valence-corrected chi connectivity index (χ1v) is 3.59. The number of ether oxygens (including phenoxy) is 1. The van der Waals surface area contributed by atoms with E-state index >= 15 is 0 Å². The van der Waals surface area contributed by atoms with Crippen molar-refractivity contribution >= 4 is 11.4 Å². The monoisotopic (exact) mass is 167 g/mol. The molecule has 0 heterocycles. The van der Waals surface area contributed by atoms with Crippen molar-refractivity contribution in [2.45, 2.75) is 6.92 Å². The zero-order valence-corrected chi connectivity index (χ0v) is 7.22. The van der Waals surface area contributed by atoms with Crippen LogP contribution in [0.2, 0.25) is 0 Å². The number of hydrogen-bond acceptors (Lipinski definition) is 4. The van der Waals surface area contributed by atoms with Gasteiger partial charge in [0.1, 0.15) is 5.75 Å². The number of benzene rings is 1. The highest BCUT2D eigenvalue weighted by Crippen LogP contribution is 2.27. The number of hydrazine groups is 1. The number of hydrogen-bond donors (Lipinski definition) is 3. The molecule has 1 aromatic carbocycles. The first-order valence-electron chi connectivity index (χ1n) is 3.59. The molecule has 0 fully saturated rings. The van der Waals surface area contributed by atoms with E-state index in [0.29, 0.717) is 5.69 Å². The van der Waals surface area contributed by atoms with E-state index in [2.05, 4.69) is 5.43 Å². The van der Waals surface area contributed by atoms with Crippen molar-refractivity contribution in [3.05, 3.63) is 17.7 Å². The molecule has 0 unspecified atom stereocenters. The zero-order valence-electron chi connectivity index (χ0n) is 7.22. The molecule has 12 heavy (non-hydrogen) atoms. The number of nitrogens with one attached hydrogen (secondary N) is 1. The highest BCUT2D eigenvalue weighted by atomic mass is 16.5. The first kappa shape index (κ1) is 8.67. The lowest BCUT2D eigenvalue weighted by Crippen LogP contribution is -2.10. The standard InChI is InChI=1S/C8H13N3O/c1-5-3-6(12-2)4-7(9)8(5)11-10/h3-4,11H,9-10H2,1-2H3. The fourth-order valence-corrected chi connectivity index (χ4v) is 1.10. The Balaban J connectivity index is 3.18. The smallest absolute Gasteiger partial charge is 0.121 e. The third-order valence-corrected chi connectivity index (χ3v) is 1.72. The van der Waals surface area contributed by atoms with Crippen LogP contribution in [0, 0.1) is 6.92 Å². The second-order valence-electron chi connectivity index (χ2n) is 2.55. The lowest BCUT2D eigenvalue weighted by molar-refractivity contribution is 0.415. The molecule has 1 rings (SSSR count). The number of anilines is 2. The van der Waals surface area contributed by atoms with Crippen molar-refractivity contribution < 1.29 is 4.74 Å². The number of nitrogen functional groups attached to an aromatic ring is 2. The molecule has 0 atom stereocenters. The fourth-order valence-electron chi connectivity index (χ4n) is 1.10. The Morgan fingerprint density at radius 1 is 1.42 bits per heavy atom. The molecule has 1 aromatic rings. The van der Waals surface area contributed by atoms with E-state index in [1.807, 2.05) is 13.0 Å². The van der Waals surface area contributed by atoms with Gasteiger partial charge in [-0.15, -0.1) is 0 Å². The lowest BCUT2D eigenvalue weighted by atomic mass is 10.1. The number of aryl methyl sites for hydroxylation is 1. The van der Waals surface area contributed by atoms with Crippen LogP contribution in [-0.2, 0) is 0 Å². The maximum absolute atomic E-state index is 5.69. The van der Waals surface area contributed by atoms with E-state index < -0.39 is 0 Å². The molecule has 0 saturated heterocycles. The van der Waals surface area contributed by atoms with Crippen molar-refractivity contribution in [3.8, 4) is 5.75 Å². The predicted octanol–water partition coefficient (Wildman–Crippen LogP) is 0.871. The Morgan fingerprint density at radius 2 is 2.08 bits per heavy atom. The van der Waals surface area contributed by atoms with Gasteiger partial charge in [0.15, 0.2) is 0 Å². The second kappa shape index (κ2) is 3.32. The van der Waals surface area contributed by atoms with Crippen LogP contribution >= 0.6 is 0 Å². The van der Waals surface area contributed by atoms with Gasteiger partial charge in [-0.25, -0.2) is 0 Å². The minimum absolute atomic E-state index is 0.592. The van der Waals surface area contributed by atoms with Crippen LogP contribution in [0.5, 0.6) is 5.75 Å². The number of nitrogens with two attached hydrogens (primary N) is 2. The van der Waals surface area contributed by atoms with E-state index in [0.717, 1.165) is 17.0 Å². The lowest BCUT2D eigenvalue weighted by Gasteiger charge is -2.10. The molecule has 0 radical (unpaired) electrons. The predicted molar refractivity (Wildman–Crippen MR) is 50.0 cm³/mol. The van der Waals surface area contributed by atoms with E-state index in [-0.39, 0.29) is 0 Å². The maximum Gasteiger partial charge on any atom is 0.121 e. The summed E-state index contributed by atoms with van der Waals surface area (Å²) in [6.45, 7) is 1.91. The van der Waals surface area contributed by atoms with Gasteiger partial charge in [0.05, 0.1) is 18.5 Å². The third kappa shape index (κ3) is 1.43. The number of methoxy groups -OCH3 is 1. The Kier molecular flexibility index (Phi) is 2.40. The van der Waals surface area contributed by atoms with Crippen molar-refractivity contribution in [2.24, 2.45) is 5.84 Å². The molecule has 5 N–H and O–H groups in total. The molecule has 0 aromatic heterocycles. The van der Waals surface area contributed by atoms with Gasteiger partial charge in [0, 0.05) is 6.07 Å². The fraction of sp³-hybridized carbons (Fsp3) is 0.250. The SMILES string of the molecule is COc1cc(C)c(NN)c(N)c1. The Labute approximate surface area is 71.5 Å².